The molecule has 0 aliphatic carbocycles. The van der Waals surface area contributed by atoms with E-state index in [9.17, 15) is 9.59 Å². The summed E-state index contributed by atoms with van der Waals surface area (Å²) in [5, 5.41) is 7.18. The van der Waals surface area contributed by atoms with Crippen LogP contribution < -0.4 is 20.2 Å². The molecule has 2 N–H and O–H groups in total. The third-order valence-electron chi connectivity index (χ3n) is 4.37. The van der Waals surface area contributed by atoms with Gasteiger partial charge in [0, 0.05) is 22.3 Å². The molecule has 0 fully saturated rings. The van der Waals surface area contributed by atoms with Gasteiger partial charge < -0.3 is 14.8 Å². The molecule has 0 atom stereocenters. The van der Waals surface area contributed by atoms with E-state index in [4.69, 9.17) is 21.1 Å². The lowest BCUT2D eigenvalue weighted by atomic mass is 10.2. The zero-order chi connectivity index (χ0) is 23.6. The first-order chi connectivity index (χ1) is 15.9. The first-order valence-corrected chi connectivity index (χ1v) is 11.0. The molecule has 9 heteroatoms. The predicted octanol–water partition coefficient (Wildman–Crippen LogP) is 5.17. The summed E-state index contributed by atoms with van der Waals surface area (Å²) in [7, 11) is 1.53. The van der Waals surface area contributed by atoms with Crippen molar-refractivity contribution < 1.29 is 19.1 Å². The number of nitrogens with zero attached hydrogens (tertiary/aromatic N) is 1. The summed E-state index contributed by atoms with van der Waals surface area (Å²) in [5.74, 6) is 0.253. The zero-order valence-corrected chi connectivity index (χ0v) is 20.0. The molecule has 7 nitrogen and oxygen atoms in total. The molecule has 0 bridgehead atoms. The van der Waals surface area contributed by atoms with Crippen molar-refractivity contribution in [3.8, 4) is 11.5 Å². The number of methoxy groups -OCH3 is 1. The van der Waals surface area contributed by atoms with Crippen molar-refractivity contribution in [2.75, 3.05) is 12.4 Å². The van der Waals surface area contributed by atoms with Gasteiger partial charge in [-0.2, -0.15) is 5.10 Å². The third kappa shape index (κ3) is 7.62. The minimum atomic E-state index is -0.537. The molecule has 170 valence electrons. The normalized spacial score (nSPS) is 10.6. The van der Waals surface area contributed by atoms with Gasteiger partial charge in [-0.15, -0.1) is 0 Å². The van der Waals surface area contributed by atoms with Crippen LogP contribution >= 0.6 is 27.5 Å². The van der Waals surface area contributed by atoms with Crippen LogP contribution in [0.1, 0.15) is 17.5 Å². The Kier molecular flexibility index (Phi) is 8.86. The highest BCUT2D eigenvalue weighted by Crippen LogP contribution is 2.27. The van der Waals surface area contributed by atoms with Crippen LogP contribution in [0.25, 0.3) is 0 Å². The first kappa shape index (κ1) is 24.3. The highest BCUT2D eigenvalue weighted by molar-refractivity contribution is 9.10. The molecular weight excluding hydrogens is 510 g/mol. The number of hydrogen-bond donors (Lipinski definition) is 2. The minimum Gasteiger partial charge on any atom is -0.497 e. The van der Waals surface area contributed by atoms with Gasteiger partial charge in [0.1, 0.15) is 24.5 Å². The summed E-state index contributed by atoms with van der Waals surface area (Å²) in [4.78, 5) is 24.0. The second-order valence-electron chi connectivity index (χ2n) is 6.82. The topological polar surface area (TPSA) is 89.0 Å². The van der Waals surface area contributed by atoms with Crippen molar-refractivity contribution in [2.45, 2.75) is 13.0 Å². The Morgan fingerprint density at radius 2 is 1.88 bits per heavy atom. The number of carbonyl (C=O) groups excluding carboxylic acids is 2. The number of hydrazone groups is 1. The first-order valence-electron chi connectivity index (χ1n) is 9.86. The van der Waals surface area contributed by atoms with Crippen molar-refractivity contribution in [1.82, 2.24) is 5.43 Å². The van der Waals surface area contributed by atoms with E-state index in [1.54, 1.807) is 42.5 Å². The summed E-state index contributed by atoms with van der Waals surface area (Å²) >= 11 is 9.61. The average Bonchev–Trinajstić information content (AvgIpc) is 2.79. The van der Waals surface area contributed by atoms with E-state index in [2.05, 4.69) is 31.8 Å². The molecule has 3 aromatic carbocycles. The van der Waals surface area contributed by atoms with Gasteiger partial charge in [0.15, 0.2) is 0 Å². The monoisotopic (exact) mass is 529 g/mol. The summed E-state index contributed by atoms with van der Waals surface area (Å²) in [6.45, 7) is 0.333. The maximum atomic E-state index is 12.0. The van der Waals surface area contributed by atoms with Crippen LogP contribution in [-0.4, -0.2) is 25.1 Å². The van der Waals surface area contributed by atoms with Crippen LogP contribution in [0.3, 0.4) is 0 Å². The number of anilines is 1. The van der Waals surface area contributed by atoms with Crippen molar-refractivity contribution in [3.63, 3.8) is 0 Å². The van der Waals surface area contributed by atoms with E-state index in [0.29, 0.717) is 28.8 Å². The van der Waals surface area contributed by atoms with E-state index in [1.165, 1.54) is 13.3 Å². The second kappa shape index (κ2) is 12.0. The van der Waals surface area contributed by atoms with Gasteiger partial charge in [-0.3, -0.25) is 9.59 Å². The number of amides is 2. The number of halogens is 2. The lowest BCUT2D eigenvalue weighted by Crippen LogP contribution is -2.24. The largest absolute Gasteiger partial charge is 0.497 e. The third-order valence-corrected chi connectivity index (χ3v) is 5.36. The number of hydrogen-bond acceptors (Lipinski definition) is 5. The fraction of sp³-hybridized carbons (Fsp3) is 0.125. The maximum Gasteiger partial charge on any atom is 0.249 e. The molecule has 3 rings (SSSR count). The smallest absolute Gasteiger partial charge is 0.249 e. The molecular formula is C24H21BrClN3O4. The predicted molar refractivity (Wildman–Crippen MR) is 132 cm³/mol. The number of ether oxygens (including phenoxy) is 2. The Bertz CT molecular complexity index is 1170. The van der Waals surface area contributed by atoms with E-state index in [-0.39, 0.29) is 6.42 Å². The Balaban J connectivity index is 1.48. The number of rotatable bonds is 9. The molecule has 0 aliphatic heterocycles. The Morgan fingerprint density at radius 1 is 1.06 bits per heavy atom. The Labute approximate surface area is 204 Å². The highest BCUT2D eigenvalue weighted by atomic mass is 79.9. The van der Waals surface area contributed by atoms with Gasteiger partial charge in [0.05, 0.1) is 17.8 Å². The van der Waals surface area contributed by atoms with E-state index >= 15 is 0 Å². The lowest BCUT2D eigenvalue weighted by molar-refractivity contribution is -0.126. The molecule has 2 amide bonds. The molecule has 0 aromatic heterocycles. The lowest BCUT2D eigenvalue weighted by Gasteiger charge is -2.10. The summed E-state index contributed by atoms with van der Waals surface area (Å²) in [6, 6.07) is 19.7. The molecule has 0 saturated carbocycles. The van der Waals surface area contributed by atoms with Crippen LogP contribution in [-0.2, 0) is 16.2 Å². The summed E-state index contributed by atoms with van der Waals surface area (Å²) in [6.07, 6.45) is 1.10. The van der Waals surface area contributed by atoms with Gasteiger partial charge in [-0.25, -0.2) is 5.43 Å². The molecule has 0 saturated heterocycles. The van der Waals surface area contributed by atoms with Crippen LogP contribution in [0.4, 0.5) is 5.69 Å². The Morgan fingerprint density at radius 3 is 2.64 bits per heavy atom. The fourth-order valence-corrected chi connectivity index (χ4v) is 3.46. The second-order valence-corrected chi connectivity index (χ2v) is 8.08. The van der Waals surface area contributed by atoms with Crippen LogP contribution in [0.15, 0.2) is 76.3 Å². The SMILES string of the molecule is COc1cccc(NC(=O)CC(=O)NN=Cc2ccc(OCc3ccccc3Cl)c(Br)c2)c1. The number of carbonyl (C=O) groups is 2. The van der Waals surface area contributed by atoms with Gasteiger partial charge >= 0.3 is 0 Å². The van der Waals surface area contributed by atoms with Crippen LogP contribution in [0.5, 0.6) is 11.5 Å². The van der Waals surface area contributed by atoms with Crippen LogP contribution in [0, 0.1) is 0 Å². The highest BCUT2D eigenvalue weighted by Gasteiger charge is 2.10. The molecule has 0 aliphatic rings. The molecule has 0 radical (unpaired) electrons. The quantitative estimate of drug-likeness (QED) is 0.227. The Hall–Kier alpha value is -3.36. The van der Waals surface area contributed by atoms with Crippen molar-refractivity contribution in [2.24, 2.45) is 5.10 Å². The van der Waals surface area contributed by atoms with Gasteiger partial charge in [-0.1, -0.05) is 35.9 Å². The summed E-state index contributed by atoms with van der Waals surface area (Å²) < 4.78 is 11.6. The van der Waals surface area contributed by atoms with Gasteiger partial charge in [-0.05, 0) is 57.9 Å². The van der Waals surface area contributed by atoms with Gasteiger partial charge in [0.2, 0.25) is 11.8 Å². The van der Waals surface area contributed by atoms with Crippen molar-refractivity contribution in [1.29, 1.82) is 0 Å². The molecule has 33 heavy (non-hydrogen) atoms. The molecule has 0 unspecified atom stereocenters. The van der Waals surface area contributed by atoms with E-state index < -0.39 is 11.8 Å². The molecule has 0 spiro atoms. The minimum absolute atomic E-state index is 0.333. The van der Waals surface area contributed by atoms with Crippen LogP contribution in [0.2, 0.25) is 5.02 Å². The molecule has 0 heterocycles. The standard InChI is InChI=1S/C24H21BrClN3O4/c1-32-19-7-4-6-18(12-19)28-23(30)13-24(31)29-27-14-16-9-10-22(20(25)11-16)33-15-17-5-2-3-8-21(17)26/h2-12,14H,13,15H2,1H3,(H,28,30)(H,29,31). The maximum absolute atomic E-state index is 12.0. The molecule has 3 aromatic rings. The van der Waals surface area contributed by atoms with Crippen molar-refractivity contribution in [3.05, 3.63) is 87.4 Å². The summed E-state index contributed by atoms with van der Waals surface area (Å²) in [5.41, 5.74) is 4.49. The number of benzene rings is 3. The number of nitrogens with one attached hydrogen (secondary N) is 2. The zero-order valence-electron chi connectivity index (χ0n) is 17.7. The van der Waals surface area contributed by atoms with Gasteiger partial charge in [0.25, 0.3) is 0 Å². The fourth-order valence-electron chi connectivity index (χ4n) is 2.76. The average molecular weight is 531 g/mol. The van der Waals surface area contributed by atoms with Crippen molar-refractivity contribution >= 4 is 51.2 Å². The van der Waals surface area contributed by atoms with E-state index in [1.807, 2.05) is 24.3 Å². The van der Waals surface area contributed by atoms with E-state index in [0.717, 1.165) is 15.6 Å².